The molecule has 4 rings (SSSR count). The van der Waals surface area contributed by atoms with Gasteiger partial charge in [-0.15, -0.1) is 11.3 Å². The van der Waals surface area contributed by atoms with Crippen LogP contribution in [0.1, 0.15) is 28.8 Å². The molecule has 1 atom stereocenters. The lowest BCUT2D eigenvalue weighted by atomic mass is 9.85. The molecule has 1 aromatic heterocycles. The normalized spacial score (nSPS) is 19.7. The fourth-order valence-electron chi connectivity index (χ4n) is 4.54. The number of halogens is 2. The van der Waals surface area contributed by atoms with Crippen molar-refractivity contribution >= 4 is 28.8 Å². The van der Waals surface area contributed by atoms with Crippen LogP contribution in [0.15, 0.2) is 30.3 Å². The number of hydrogen-bond donors (Lipinski definition) is 1. The minimum Gasteiger partial charge on any atom is -0.369 e. The van der Waals surface area contributed by atoms with Crippen molar-refractivity contribution < 1.29 is 13.9 Å². The summed E-state index contributed by atoms with van der Waals surface area (Å²) >= 11 is 7.55. The SMILES string of the molecule is [11CH3]NC(=O)[C@@H](Cc1ccccc1Cl)CN1CCC2(CC1)OCCc1cc(F)sc12. The van der Waals surface area contributed by atoms with Crippen LogP contribution in [0.5, 0.6) is 0 Å². The number of nitrogens with one attached hydrogen (secondary N) is 1. The van der Waals surface area contributed by atoms with Crippen LogP contribution in [-0.4, -0.2) is 44.1 Å². The van der Waals surface area contributed by atoms with Gasteiger partial charge in [-0.2, -0.15) is 4.39 Å². The summed E-state index contributed by atoms with van der Waals surface area (Å²) in [6.45, 7) is 2.98. The first kappa shape index (κ1) is 20.8. The van der Waals surface area contributed by atoms with Gasteiger partial charge in [0.1, 0.15) is 5.60 Å². The molecule has 1 fully saturated rings. The molecule has 0 unspecified atom stereocenters. The summed E-state index contributed by atoms with van der Waals surface area (Å²) in [7, 11) is 1.68. The third-order valence-corrected chi connectivity index (χ3v) is 7.65. The number of rotatable bonds is 5. The average molecular weight is 436 g/mol. The molecule has 7 heteroatoms. The van der Waals surface area contributed by atoms with Crippen LogP contribution in [0, 0.1) is 11.0 Å². The monoisotopic (exact) mass is 435 g/mol. The first-order valence-electron chi connectivity index (χ1n) is 10.1. The van der Waals surface area contributed by atoms with Crippen LogP contribution < -0.4 is 5.32 Å². The third-order valence-electron chi connectivity index (χ3n) is 6.13. The molecule has 2 aliphatic rings. The molecular formula is C22H26ClFN2O2S. The highest BCUT2D eigenvalue weighted by Gasteiger charge is 2.43. The molecule has 4 nitrogen and oxygen atoms in total. The summed E-state index contributed by atoms with van der Waals surface area (Å²) in [6.07, 6.45) is 3.05. The van der Waals surface area contributed by atoms with Crippen LogP contribution in [0.25, 0.3) is 0 Å². The maximum absolute atomic E-state index is 13.8. The summed E-state index contributed by atoms with van der Waals surface area (Å²) < 4.78 is 20.0. The Labute approximate surface area is 180 Å². The second-order valence-electron chi connectivity index (χ2n) is 7.90. The molecule has 2 aliphatic heterocycles. The lowest BCUT2D eigenvalue weighted by Gasteiger charge is -2.44. The van der Waals surface area contributed by atoms with E-state index >= 15 is 0 Å². The lowest BCUT2D eigenvalue weighted by Crippen LogP contribution is -2.48. The summed E-state index contributed by atoms with van der Waals surface area (Å²) in [4.78, 5) is 15.9. The van der Waals surface area contributed by atoms with Crippen molar-refractivity contribution in [1.82, 2.24) is 10.2 Å². The second-order valence-corrected chi connectivity index (χ2v) is 9.31. The number of thiophene rings is 1. The van der Waals surface area contributed by atoms with Gasteiger partial charge in [0.15, 0.2) is 5.13 Å². The van der Waals surface area contributed by atoms with E-state index in [1.165, 1.54) is 11.3 Å². The van der Waals surface area contributed by atoms with Gasteiger partial charge in [0, 0.05) is 36.6 Å². The first-order chi connectivity index (χ1) is 14.0. The van der Waals surface area contributed by atoms with Crippen LogP contribution >= 0.6 is 22.9 Å². The molecule has 29 heavy (non-hydrogen) atoms. The van der Waals surface area contributed by atoms with Crippen molar-refractivity contribution in [2.24, 2.45) is 5.92 Å². The van der Waals surface area contributed by atoms with E-state index in [0.717, 1.165) is 48.4 Å². The van der Waals surface area contributed by atoms with E-state index < -0.39 is 0 Å². The molecule has 0 bridgehead atoms. The molecule has 1 spiro atoms. The van der Waals surface area contributed by atoms with Gasteiger partial charge in [-0.25, -0.2) is 0 Å². The molecule has 0 radical (unpaired) electrons. The standard InChI is InChI=1S/C22H26ClFN2O2S/c1-25-21(27)17(12-15-4-2-3-5-18(15)23)14-26-9-7-22(8-10-26)20-16(6-11-28-22)13-19(24)29-20/h2-5,13,17H,6-12,14H2,1H3,(H,25,27)/t17-/m0/s1/i1-1. The highest BCUT2D eigenvalue weighted by Crippen LogP contribution is 2.45. The smallest absolute Gasteiger partial charge is 0.224 e. The Morgan fingerprint density at radius 2 is 2.14 bits per heavy atom. The van der Waals surface area contributed by atoms with E-state index in [0.29, 0.717) is 24.6 Å². The zero-order valence-corrected chi connectivity index (χ0v) is 18.1. The van der Waals surface area contributed by atoms with Gasteiger partial charge < -0.3 is 15.0 Å². The molecule has 3 heterocycles. The van der Waals surface area contributed by atoms with Crippen LogP contribution in [0.3, 0.4) is 0 Å². The average Bonchev–Trinajstić information content (AvgIpc) is 3.12. The fourth-order valence-corrected chi connectivity index (χ4v) is 5.89. The van der Waals surface area contributed by atoms with Crippen molar-refractivity contribution in [2.75, 3.05) is 33.3 Å². The predicted molar refractivity (Wildman–Crippen MR) is 114 cm³/mol. The molecule has 1 N–H and O–H groups in total. The number of carbonyl (C=O) groups is 1. The summed E-state index contributed by atoms with van der Waals surface area (Å²) in [6, 6.07) is 9.36. The Morgan fingerprint density at radius 3 is 2.86 bits per heavy atom. The Kier molecular flexibility index (Phi) is 6.25. The van der Waals surface area contributed by atoms with Gasteiger partial charge in [0.2, 0.25) is 5.91 Å². The molecular weight excluding hydrogens is 410 g/mol. The van der Waals surface area contributed by atoms with E-state index in [-0.39, 0.29) is 22.6 Å². The highest BCUT2D eigenvalue weighted by molar-refractivity contribution is 7.10. The van der Waals surface area contributed by atoms with Gasteiger partial charge in [-0.3, -0.25) is 4.79 Å². The zero-order valence-electron chi connectivity index (χ0n) is 16.5. The number of carbonyl (C=O) groups excluding carboxylic acids is 1. The fraction of sp³-hybridized carbons (Fsp3) is 0.500. The Hall–Kier alpha value is -1.47. The number of nitrogens with zero attached hydrogens (tertiary/aromatic N) is 1. The highest BCUT2D eigenvalue weighted by atomic mass is 35.5. The first-order valence-corrected chi connectivity index (χ1v) is 11.3. The minimum atomic E-state index is -0.357. The number of piperidine rings is 1. The minimum absolute atomic E-state index is 0.0294. The van der Waals surface area contributed by atoms with Crippen molar-refractivity contribution in [3.05, 3.63) is 56.5 Å². The Balaban J connectivity index is 1.43. The van der Waals surface area contributed by atoms with Crippen molar-refractivity contribution in [2.45, 2.75) is 31.3 Å². The van der Waals surface area contributed by atoms with Crippen LogP contribution in [0.2, 0.25) is 5.02 Å². The zero-order chi connectivity index (χ0) is 20.4. The Morgan fingerprint density at radius 1 is 1.38 bits per heavy atom. The van der Waals surface area contributed by atoms with Crippen molar-refractivity contribution in [1.29, 1.82) is 0 Å². The van der Waals surface area contributed by atoms with Gasteiger partial charge in [0.25, 0.3) is 0 Å². The molecule has 2 aromatic rings. The molecule has 0 aliphatic carbocycles. The topological polar surface area (TPSA) is 41.6 Å². The van der Waals surface area contributed by atoms with Crippen molar-refractivity contribution in [3.8, 4) is 0 Å². The molecule has 156 valence electrons. The second kappa shape index (κ2) is 8.72. The summed E-state index contributed by atoms with van der Waals surface area (Å²) in [5.41, 5.74) is 1.74. The molecule has 1 saturated heterocycles. The van der Waals surface area contributed by atoms with Crippen LogP contribution in [0.4, 0.5) is 4.39 Å². The number of likely N-dealkylation sites (tertiary alicyclic amines) is 1. The summed E-state index contributed by atoms with van der Waals surface area (Å²) in [5, 5.41) is 3.37. The van der Waals surface area contributed by atoms with Crippen LogP contribution in [-0.2, 0) is 28.0 Å². The summed E-state index contributed by atoms with van der Waals surface area (Å²) in [5.74, 6) is -0.141. The van der Waals surface area contributed by atoms with Gasteiger partial charge in [0.05, 0.1) is 12.5 Å². The van der Waals surface area contributed by atoms with E-state index in [9.17, 15) is 9.18 Å². The number of benzene rings is 1. The van der Waals surface area contributed by atoms with Gasteiger partial charge >= 0.3 is 0 Å². The lowest BCUT2D eigenvalue weighted by molar-refractivity contribution is -0.126. The number of ether oxygens (including phenoxy) is 1. The number of amides is 1. The van der Waals surface area contributed by atoms with Gasteiger partial charge in [-0.05, 0) is 48.9 Å². The van der Waals surface area contributed by atoms with E-state index in [4.69, 9.17) is 16.3 Å². The predicted octanol–water partition coefficient (Wildman–Crippen LogP) is 4.01. The van der Waals surface area contributed by atoms with E-state index in [1.54, 1.807) is 13.1 Å². The number of fused-ring (bicyclic) bond motifs is 2. The third kappa shape index (κ3) is 4.36. The van der Waals surface area contributed by atoms with E-state index in [2.05, 4.69) is 10.2 Å². The Bertz CT molecular complexity index is 879. The molecule has 1 amide bonds. The maximum Gasteiger partial charge on any atom is 0.224 e. The quantitative estimate of drug-likeness (QED) is 0.771. The van der Waals surface area contributed by atoms with Crippen molar-refractivity contribution in [3.63, 3.8) is 0 Å². The molecule has 0 saturated carbocycles. The van der Waals surface area contributed by atoms with E-state index in [1.807, 2.05) is 24.3 Å². The molecule has 1 aromatic carbocycles. The number of hydrogen-bond acceptors (Lipinski definition) is 4. The van der Waals surface area contributed by atoms with Gasteiger partial charge in [-0.1, -0.05) is 29.8 Å². The maximum atomic E-state index is 13.8. The largest absolute Gasteiger partial charge is 0.369 e.